The first-order valence-corrected chi connectivity index (χ1v) is 5.74. The molecule has 1 aromatic heterocycles. The molecule has 92 valence electrons. The van der Waals surface area contributed by atoms with Gasteiger partial charge in [0.05, 0.1) is 5.69 Å². The largest absolute Gasteiger partial charge is 0.486 e. The third-order valence-corrected chi connectivity index (χ3v) is 2.71. The van der Waals surface area contributed by atoms with Gasteiger partial charge in [-0.15, -0.1) is 0 Å². The lowest BCUT2D eigenvalue weighted by Gasteiger charge is -2.20. The normalized spacial score (nSPS) is 13.4. The minimum Gasteiger partial charge on any atom is -0.486 e. The van der Waals surface area contributed by atoms with Crippen LogP contribution in [0.2, 0.25) is 0 Å². The van der Waals surface area contributed by atoms with Crippen LogP contribution in [-0.2, 0) is 0 Å². The van der Waals surface area contributed by atoms with E-state index in [0.29, 0.717) is 13.2 Å². The van der Waals surface area contributed by atoms with Gasteiger partial charge < -0.3 is 15.2 Å². The Morgan fingerprint density at radius 3 is 2.83 bits per heavy atom. The van der Waals surface area contributed by atoms with E-state index < -0.39 is 0 Å². The maximum atomic E-state index is 5.68. The van der Waals surface area contributed by atoms with E-state index in [9.17, 15) is 0 Å². The van der Waals surface area contributed by atoms with Crippen molar-refractivity contribution in [1.82, 2.24) is 9.97 Å². The number of aromatic nitrogens is 2. The number of hydrogen-bond acceptors (Lipinski definition) is 5. The van der Waals surface area contributed by atoms with Crippen LogP contribution >= 0.6 is 0 Å². The van der Waals surface area contributed by atoms with Crippen molar-refractivity contribution in [2.75, 3.05) is 18.9 Å². The SMILES string of the molecule is Cc1cc(-c2cccc3c2OCCO3)nc(N)n1. The van der Waals surface area contributed by atoms with Crippen LogP contribution in [0.25, 0.3) is 11.3 Å². The highest BCUT2D eigenvalue weighted by atomic mass is 16.6. The lowest BCUT2D eigenvalue weighted by Crippen LogP contribution is -2.16. The number of aryl methyl sites for hydroxylation is 1. The first-order chi connectivity index (χ1) is 8.74. The minimum atomic E-state index is 0.263. The Morgan fingerprint density at radius 1 is 1.17 bits per heavy atom. The number of nitrogen functional groups attached to an aromatic ring is 1. The molecule has 3 rings (SSSR count). The summed E-state index contributed by atoms with van der Waals surface area (Å²) in [5, 5.41) is 0. The number of para-hydroxylation sites is 1. The molecule has 5 heteroatoms. The van der Waals surface area contributed by atoms with Crippen LogP contribution in [0.1, 0.15) is 5.69 Å². The fraction of sp³-hybridized carbons (Fsp3) is 0.231. The molecule has 2 aromatic rings. The second-order valence-electron chi connectivity index (χ2n) is 4.08. The Morgan fingerprint density at radius 2 is 2.00 bits per heavy atom. The molecule has 1 aromatic carbocycles. The number of rotatable bonds is 1. The summed E-state index contributed by atoms with van der Waals surface area (Å²) in [5.74, 6) is 1.73. The van der Waals surface area contributed by atoms with E-state index in [1.807, 2.05) is 31.2 Å². The second kappa shape index (κ2) is 4.18. The second-order valence-corrected chi connectivity index (χ2v) is 4.08. The van der Waals surface area contributed by atoms with Crippen molar-refractivity contribution >= 4 is 5.95 Å². The molecule has 1 aliphatic rings. The highest BCUT2D eigenvalue weighted by Gasteiger charge is 2.17. The molecule has 0 saturated heterocycles. The molecule has 2 heterocycles. The predicted octanol–water partition coefficient (Wildman–Crippen LogP) is 1.81. The molecule has 1 aliphatic heterocycles. The predicted molar refractivity (Wildman–Crippen MR) is 67.6 cm³/mol. The number of nitrogens with zero attached hydrogens (tertiary/aromatic N) is 2. The van der Waals surface area contributed by atoms with E-state index in [0.717, 1.165) is 28.5 Å². The van der Waals surface area contributed by atoms with Crippen LogP contribution in [0.5, 0.6) is 11.5 Å². The molecular formula is C13H13N3O2. The highest BCUT2D eigenvalue weighted by Crippen LogP contribution is 2.39. The van der Waals surface area contributed by atoms with Gasteiger partial charge in [0.15, 0.2) is 11.5 Å². The average Bonchev–Trinajstić information content (AvgIpc) is 2.37. The molecule has 0 atom stereocenters. The van der Waals surface area contributed by atoms with Crippen LogP contribution in [0.3, 0.4) is 0 Å². The van der Waals surface area contributed by atoms with Crippen LogP contribution in [-0.4, -0.2) is 23.2 Å². The zero-order chi connectivity index (χ0) is 12.5. The van der Waals surface area contributed by atoms with Gasteiger partial charge in [-0.25, -0.2) is 9.97 Å². The van der Waals surface area contributed by atoms with Crippen LogP contribution in [0.15, 0.2) is 24.3 Å². The third-order valence-electron chi connectivity index (χ3n) is 2.71. The molecule has 0 bridgehead atoms. The summed E-state index contributed by atoms with van der Waals surface area (Å²) in [4.78, 5) is 8.31. The van der Waals surface area contributed by atoms with E-state index in [4.69, 9.17) is 15.2 Å². The van der Waals surface area contributed by atoms with Gasteiger partial charge >= 0.3 is 0 Å². The first kappa shape index (κ1) is 10.8. The summed E-state index contributed by atoms with van der Waals surface area (Å²) in [5.41, 5.74) is 8.14. The first-order valence-electron chi connectivity index (χ1n) is 5.74. The van der Waals surface area contributed by atoms with E-state index in [-0.39, 0.29) is 5.95 Å². The molecule has 0 amide bonds. The van der Waals surface area contributed by atoms with Crippen molar-refractivity contribution in [1.29, 1.82) is 0 Å². The fourth-order valence-electron chi connectivity index (χ4n) is 2.00. The van der Waals surface area contributed by atoms with Gasteiger partial charge in [-0.2, -0.15) is 0 Å². The minimum absolute atomic E-state index is 0.263. The Kier molecular flexibility index (Phi) is 2.51. The van der Waals surface area contributed by atoms with E-state index in [1.54, 1.807) is 0 Å². The molecule has 18 heavy (non-hydrogen) atoms. The van der Waals surface area contributed by atoms with Gasteiger partial charge in [0.2, 0.25) is 5.95 Å². The van der Waals surface area contributed by atoms with Gasteiger partial charge in [0, 0.05) is 11.3 Å². The quantitative estimate of drug-likeness (QED) is 0.827. The molecule has 5 nitrogen and oxygen atoms in total. The molecule has 2 N–H and O–H groups in total. The van der Waals surface area contributed by atoms with E-state index in [1.165, 1.54) is 0 Å². The molecular weight excluding hydrogens is 230 g/mol. The average molecular weight is 243 g/mol. The molecule has 0 saturated carbocycles. The number of ether oxygens (including phenoxy) is 2. The van der Waals surface area contributed by atoms with Crippen molar-refractivity contribution in [3.8, 4) is 22.8 Å². The summed E-state index contributed by atoms with van der Waals surface area (Å²) in [6.07, 6.45) is 0. The number of nitrogens with two attached hydrogens (primary N) is 1. The molecule has 0 radical (unpaired) electrons. The van der Waals surface area contributed by atoms with E-state index >= 15 is 0 Å². The van der Waals surface area contributed by atoms with Crippen LogP contribution < -0.4 is 15.2 Å². The lowest BCUT2D eigenvalue weighted by atomic mass is 10.1. The van der Waals surface area contributed by atoms with Crippen molar-refractivity contribution in [3.05, 3.63) is 30.0 Å². The van der Waals surface area contributed by atoms with Gasteiger partial charge in [-0.1, -0.05) is 6.07 Å². The Labute approximate surface area is 105 Å². The van der Waals surface area contributed by atoms with Gasteiger partial charge in [-0.05, 0) is 25.1 Å². The monoisotopic (exact) mass is 243 g/mol. The number of fused-ring (bicyclic) bond motifs is 1. The van der Waals surface area contributed by atoms with Crippen LogP contribution in [0.4, 0.5) is 5.95 Å². The Bertz CT molecular complexity index is 579. The number of benzene rings is 1. The lowest BCUT2D eigenvalue weighted by molar-refractivity contribution is 0.172. The maximum Gasteiger partial charge on any atom is 0.220 e. The summed E-state index contributed by atoms with van der Waals surface area (Å²) in [7, 11) is 0. The zero-order valence-electron chi connectivity index (χ0n) is 10.0. The summed E-state index contributed by atoms with van der Waals surface area (Å²) in [6, 6.07) is 7.62. The van der Waals surface area contributed by atoms with Crippen molar-refractivity contribution in [2.45, 2.75) is 6.92 Å². The summed E-state index contributed by atoms with van der Waals surface area (Å²) >= 11 is 0. The van der Waals surface area contributed by atoms with Crippen molar-refractivity contribution in [3.63, 3.8) is 0 Å². The van der Waals surface area contributed by atoms with Crippen molar-refractivity contribution < 1.29 is 9.47 Å². The Balaban J connectivity index is 2.16. The fourth-order valence-corrected chi connectivity index (χ4v) is 2.00. The van der Waals surface area contributed by atoms with Crippen LogP contribution in [0, 0.1) is 6.92 Å². The number of anilines is 1. The standard InChI is InChI=1S/C13H13N3O2/c1-8-7-10(16-13(14)15-8)9-3-2-4-11-12(9)18-6-5-17-11/h2-4,7H,5-6H2,1H3,(H2,14,15,16). The van der Waals surface area contributed by atoms with Gasteiger partial charge in [0.1, 0.15) is 13.2 Å². The topological polar surface area (TPSA) is 70.3 Å². The molecule has 0 unspecified atom stereocenters. The smallest absolute Gasteiger partial charge is 0.220 e. The molecule has 0 aliphatic carbocycles. The van der Waals surface area contributed by atoms with E-state index in [2.05, 4.69) is 9.97 Å². The zero-order valence-corrected chi connectivity index (χ0v) is 10.0. The Hall–Kier alpha value is -2.30. The number of hydrogen-bond donors (Lipinski definition) is 1. The van der Waals surface area contributed by atoms with Gasteiger partial charge in [0.25, 0.3) is 0 Å². The molecule has 0 spiro atoms. The maximum absolute atomic E-state index is 5.68. The third kappa shape index (κ3) is 1.84. The summed E-state index contributed by atoms with van der Waals surface area (Å²) < 4.78 is 11.2. The van der Waals surface area contributed by atoms with Crippen molar-refractivity contribution in [2.24, 2.45) is 0 Å². The van der Waals surface area contributed by atoms with Gasteiger partial charge in [-0.3, -0.25) is 0 Å². The summed E-state index contributed by atoms with van der Waals surface area (Å²) in [6.45, 7) is 3.00. The highest BCUT2D eigenvalue weighted by molar-refractivity contribution is 5.72. The molecule has 0 fully saturated rings.